The first-order chi connectivity index (χ1) is 21.9. The number of fused-ring (bicyclic) bond motifs is 1. The topological polar surface area (TPSA) is 127 Å². The average molecular weight is 630 g/mol. The lowest BCUT2D eigenvalue weighted by Crippen LogP contribution is -2.45. The van der Waals surface area contributed by atoms with Crippen LogP contribution in [0.25, 0.3) is 10.8 Å². The van der Waals surface area contributed by atoms with E-state index in [1.54, 1.807) is 6.07 Å². The van der Waals surface area contributed by atoms with Crippen molar-refractivity contribution < 1.29 is 23.5 Å². The molecule has 3 amide bonds. The van der Waals surface area contributed by atoms with E-state index in [1.807, 2.05) is 36.4 Å². The van der Waals surface area contributed by atoms with Gasteiger partial charge in [-0.3, -0.25) is 19.3 Å². The number of halogens is 1. The number of amides is 3. The summed E-state index contributed by atoms with van der Waals surface area (Å²) in [6.45, 7) is 0.895. The average Bonchev–Trinajstić information content (AvgIpc) is 3.73. The van der Waals surface area contributed by atoms with Gasteiger partial charge in [-0.25, -0.2) is 4.39 Å². The molecule has 0 unspecified atom stereocenters. The molecule has 4 aromatic rings. The molecule has 9 nitrogen and oxygen atoms in total. The summed E-state index contributed by atoms with van der Waals surface area (Å²) in [6, 6.07) is 17.4. The van der Waals surface area contributed by atoms with Crippen LogP contribution < -0.4 is 21.3 Å². The van der Waals surface area contributed by atoms with Crippen molar-refractivity contribution >= 4 is 51.4 Å². The molecule has 2 heterocycles. The molecule has 1 aliphatic heterocycles. The number of nitrogens with two attached hydrogens (primary N) is 1. The van der Waals surface area contributed by atoms with Gasteiger partial charge in [0.1, 0.15) is 16.7 Å². The number of nitrogen functional groups attached to an aromatic ring is 1. The van der Waals surface area contributed by atoms with E-state index in [2.05, 4.69) is 15.0 Å². The summed E-state index contributed by atoms with van der Waals surface area (Å²) in [5.41, 5.74) is 7.30. The van der Waals surface area contributed by atoms with Crippen LogP contribution in [0.2, 0.25) is 0 Å². The molecule has 1 saturated heterocycles. The first-order valence-corrected chi connectivity index (χ1v) is 16.2. The summed E-state index contributed by atoms with van der Waals surface area (Å²) in [5, 5.41) is 7.57. The Balaban J connectivity index is 1.42. The third kappa shape index (κ3) is 6.69. The van der Waals surface area contributed by atoms with Crippen LogP contribution in [0.15, 0.2) is 66.7 Å². The fraction of sp³-hybridized carbons (Fsp3) is 0.353. The van der Waals surface area contributed by atoms with E-state index < -0.39 is 29.6 Å². The van der Waals surface area contributed by atoms with Crippen LogP contribution >= 0.6 is 11.5 Å². The monoisotopic (exact) mass is 629 g/mol. The van der Waals surface area contributed by atoms with Gasteiger partial charge in [-0.1, -0.05) is 67.8 Å². The Morgan fingerprint density at radius 2 is 1.73 bits per heavy atom. The van der Waals surface area contributed by atoms with Gasteiger partial charge in [0.05, 0.1) is 17.5 Å². The van der Waals surface area contributed by atoms with Crippen molar-refractivity contribution in [1.29, 1.82) is 0 Å². The standard InChI is InChI=1S/C34H36FN5O4S/c35-23-17-15-22(16-18-23)30(33(42)37-20-25-12-7-19-44-25)40(27-14-6-9-21-8-4-5-13-26(21)27)34(43)31-28(36)29(39-45-31)32(41)38-24-10-2-1-3-11-24/h4-6,8-9,13-18,24-25,30H,1-3,7,10-12,19-20,36H2,(H,37,42)(H,38,41)/t25-,30+/m1/s1. The minimum Gasteiger partial charge on any atom is -0.395 e. The van der Waals surface area contributed by atoms with Crippen molar-refractivity contribution in [2.24, 2.45) is 0 Å². The lowest BCUT2D eigenvalue weighted by Gasteiger charge is -2.32. The van der Waals surface area contributed by atoms with Crippen LogP contribution in [-0.2, 0) is 9.53 Å². The Kier molecular flexibility index (Phi) is 9.37. The number of carbonyl (C=O) groups is 3. The first-order valence-electron chi connectivity index (χ1n) is 15.4. The Morgan fingerprint density at radius 1 is 0.978 bits per heavy atom. The second-order valence-corrected chi connectivity index (χ2v) is 12.4. The van der Waals surface area contributed by atoms with Crippen molar-refractivity contribution in [3.8, 4) is 0 Å². The smallest absolute Gasteiger partial charge is 0.273 e. The molecule has 1 aliphatic carbocycles. The molecule has 1 saturated carbocycles. The van der Waals surface area contributed by atoms with E-state index in [9.17, 15) is 18.8 Å². The van der Waals surface area contributed by atoms with E-state index >= 15 is 0 Å². The third-order valence-corrected chi connectivity index (χ3v) is 9.39. The normalized spacial score (nSPS) is 17.6. The molecule has 2 aliphatic rings. The van der Waals surface area contributed by atoms with Crippen molar-refractivity contribution in [1.82, 2.24) is 15.0 Å². The number of nitrogens with zero attached hydrogens (tertiary/aromatic N) is 2. The maximum Gasteiger partial charge on any atom is 0.273 e. The highest BCUT2D eigenvalue weighted by Crippen LogP contribution is 2.37. The molecular weight excluding hydrogens is 593 g/mol. The van der Waals surface area contributed by atoms with Gasteiger partial charge in [-0.05, 0) is 66.4 Å². The van der Waals surface area contributed by atoms with E-state index in [0.29, 0.717) is 17.9 Å². The molecule has 0 radical (unpaired) electrons. The molecule has 1 aromatic heterocycles. The summed E-state index contributed by atoms with van der Waals surface area (Å²) < 4.78 is 24.1. The first kappa shape index (κ1) is 30.7. The van der Waals surface area contributed by atoms with Gasteiger partial charge >= 0.3 is 0 Å². The Hall–Kier alpha value is -4.35. The Bertz CT molecular complexity index is 1680. The van der Waals surface area contributed by atoms with Crippen molar-refractivity contribution in [2.75, 3.05) is 23.8 Å². The van der Waals surface area contributed by atoms with Crippen LogP contribution in [0.3, 0.4) is 0 Å². The quantitative estimate of drug-likeness (QED) is 0.216. The van der Waals surface area contributed by atoms with Crippen LogP contribution in [0.1, 0.15) is 76.7 Å². The van der Waals surface area contributed by atoms with Crippen LogP contribution in [0.4, 0.5) is 15.8 Å². The molecule has 2 atom stereocenters. The van der Waals surface area contributed by atoms with Gasteiger partial charge in [0.25, 0.3) is 11.8 Å². The number of hydrogen-bond donors (Lipinski definition) is 3. The number of carbonyl (C=O) groups excluding carboxylic acids is 3. The molecular formula is C34H36FN5O4S. The van der Waals surface area contributed by atoms with E-state index in [0.717, 1.165) is 67.3 Å². The minimum atomic E-state index is -1.20. The third-order valence-electron chi connectivity index (χ3n) is 8.54. The minimum absolute atomic E-state index is 0.00652. The molecule has 0 spiro atoms. The van der Waals surface area contributed by atoms with E-state index in [-0.39, 0.29) is 34.9 Å². The number of rotatable bonds is 9. The maximum atomic E-state index is 14.7. The molecule has 6 rings (SSSR count). The number of ether oxygens (including phenoxy) is 1. The Morgan fingerprint density at radius 3 is 2.49 bits per heavy atom. The predicted octanol–water partition coefficient (Wildman–Crippen LogP) is 5.76. The summed E-state index contributed by atoms with van der Waals surface area (Å²) in [5.74, 6) is -1.95. The van der Waals surface area contributed by atoms with Crippen LogP contribution in [0.5, 0.6) is 0 Å². The largest absolute Gasteiger partial charge is 0.395 e. The number of anilines is 2. The highest BCUT2D eigenvalue weighted by Gasteiger charge is 2.37. The number of aromatic nitrogens is 1. The predicted molar refractivity (Wildman–Crippen MR) is 173 cm³/mol. The summed E-state index contributed by atoms with van der Waals surface area (Å²) in [4.78, 5) is 43.4. The number of nitrogens with one attached hydrogen (secondary N) is 2. The SMILES string of the molecule is Nc1c(C(=O)NC2CCCCC2)nsc1C(=O)N(c1cccc2ccccc12)[C@H](C(=O)NC[C@H]1CCCO1)c1ccc(F)cc1. The molecule has 0 bridgehead atoms. The maximum absolute atomic E-state index is 14.7. The molecule has 45 heavy (non-hydrogen) atoms. The molecule has 11 heteroatoms. The summed E-state index contributed by atoms with van der Waals surface area (Å²) >= 11 is 0.825. The van der Waals surface area contributed by atoms with Gasteiger partial charge in [0, 0.05) is 24.6 Å². The van der Waals surface area contributed by atoms with Gasteiger partial charge in [-0.2, -0.15) is 4.37 Å². The van der Waals surface area contributed by atoms with Crippen molar-refractivity contribution in [2.45, 2.75) is 63.1 Å². The zero-order valence-electron chi connectivity index (χ0n) is 24.8. The molecule has 234 valence electrons. The van der Waals surface area contributed by atoms with Gasteiger partial charge in [0.15, 0.2) is 5.69 Å². The summed E-state index contributed by atoms with van der Waals surface area (Å²) in [6.07, 6.45) is 6.59. The Labute approximate surface area is 265 Å². The fourth-order valence-electron chi connectivity index (χ4n) is 6.19. The molecule has 3 aromatic carbocycles. The lowest BCUT2D eigenvalue weighted by molar-refractivity contribution is -0.123. The zero-order valence-corrected chi connectivity index (χ0v) is 25.7. The molecule has 4 N–H and O–H groups in total. The molecule has 2 fully saturated rings. The second-order valence-electron chi connectivity index (χ2n) is 11.6. The van der Waals surface area contributed by atoms with Gasteiger partial charge < -0.3 is 21.1 Å². The zero-order chi connectivity index (χ0) is 31.3. The summed E-state index contributed by atoms with van der Waals surface area (Å²) in [7, 11) is 0. The lowest BCUT2D eigenvalue weighted by atomic mass is 9.95. The van der Waals surface area contributed by atoms with Crippen LogP contribution in [0, 0.1) is 5.82 Å². The number of hydrogen-bond acceptors (Lipinski definition) is 7. The highest BCUT2D eigenvalue weighted by molar-refractivity contribution is 7.09. The highest BCUT2D eigenvalue weighted by atomic mass is 32.1. The number of benzene rings is 3. The van der Waals surface area contributed by atoms with Gasteiger partial charge in [-0.15, -0.1) is 0 Å². The van der Waals surface area contributed by atoms with Crippen molar-refractivity contribution in [3.05, 3.63) is 88.7 Å². The fourth-order valence-corrected chi connectivity index (χ4v) is 6.92. The second kappa shape index (κ2) is 13.7. The van der Waals surface area contributed by atoms with Crippen LogP contribution in [-0.4, -0.2) is 47.4 Å². The van der Waals surface area contributed by atoms with Crippen molar-refractivity contribution in [3.63, 3.8) is 0 Å². The van der Waals surface area contributed by atoms with E-state index in [1.165, 1.54) is 29.2 Å². The van der Waals surface area contributed by atoms with E-state index in [4.69, 9.17) is 10.5 Å². The van der Waals surface area contributed by atoms with Gasteiger partial charge in [0.2, 0.25) is 5.91 Å².